The van der Waals surface area contributed by atoms with Gasteiger partial charge in [0.15, 0.2) is 11.5 Å². The van der Waals surface area contributed by atoms with Gasteiger partial charge in [-0.05, 0) is 18.1 Å². The predicted molar refractivity (Wildman–Crippen MR) is 96.3 cm³/mol. The summed E-state index contributed by atoms with van der Waals surface area (Å²) in [5.41, 5.74) is 2.03. The summed E-state index contributed by atoms with van der Waals surface area (Å²) in [5.74, 6) is -0.824. The topological polar surface area (TPSA) is 76.1 Å². The minimum Gasteiger partial charge on any atom is -0.485 e. The van der Waals surface area contributed by atoms with Crippen LogP contribution in [-0.2, 0) is 4.79 Å². The zero-order valence-corrected chi connectivity index (χ0v) is 15.1. The molecule has 1 amide bonds. The Morgan fingerprint density at radius 2 is 1.96 bits per heavy atom. The number of hydrogen-bond acceptors (Lipinski definition) is 5. The summed E-state index contributed by atoms with van der Waals surface area (Å²) in [6, 6.07) is 7.77. The van der Waals surface area contributed by atoms with Gasteiger partial charge in [0.25, 0.3) is 5.91 Å². The molecule has 7 heteroatoms. The summed E-state index contributed by atoms with van der Waals surface area (Å²) in [6.45, 7) is 3.43. The zero-order valence-electron chi connectivity index (χ0n) is 14.3. The van der Waals surface area contributed by atoms with Gasteiger partial charge in [0.2, 0.25) is 0 Å². The van der Waals surface area contributed by atoms with E-state index in [9.17, 15) is 14.7 Å². The number of fused-ring (bicyclic) bond motifs is 1. The Kier molecular flexibility index (Phi) is 4.32. The second-order valence-electron chi connectivity index (χ2n) is 6.57. The van der Waals surface area contributed by atoms with Crippen molar-refractivity contribution in [1.82, 2.24) is 4.90 Å². The first-order chi connectivity index (χ1) is 12.6. The van der Waals surface area contributed by atoms with Gasteiger partial charge in [-0.3, -0.25) is 9.59 Å². The molecule has 0 spiro atoms. The molecule has 1 aromatic carbocycles. The summed E-state index contributed by atoms with van der Waals surface area (Å²) >= 11 is 1.28. The number of benzene rings is 1. The van der Waals surface area contributed by atoms with Crippen molar-refractivity contribution < 1.29 is 24.2 Å². The summed E-state index contributed by atoms with van der Waals surface area (Å²) in [7, 11) is 0. The van der Waals surface area contributed by atoms with Crippen molar-refractivity contribution in [2.45, 2.75) is 12.8 Å². The third-order valence-electron chi connectivity index (χ3n) is 5.01. The van der Waals surface area contributed by atoms with E-state index < -0.39 is 11.9 Å². The van der Waals surface area contributed by atoms with Crippen LogP contribution in [0.4, 0.5) is 0 Å². The Morgan fingerprint density at radius 3 is 2.73 bits per heavy atom. The lowest BCUT2D eigenvalue weighted by molar-refractivity contribution is -0.141. The van der Waals surface area contributed by atoms with Gasteiger partial charge in [-0.2, -0.15) is 0 Å². The molecule has 6 nitrogen and oxygen atoms in total. The minimum atomic E-state index is -0.874. The Bertz CT molecular complexity index is 861. The normalized spacial score (nSPS) is 21.7. The van der Waals surface area contributed by atoms with Crippen LogP contribution in [0.1, 0.15) is 26.7 Å². The number of thiophene rings is 1. The zero-order chi connectivity index (χ0) is 18.3. The van der Waals surface area contributed by atoms with E-state index in [2.05, 4.69) is 0 Å². The Balaban J connectivity index is 1.62. The van der Waals surface area contributed by atoms with Crippen molar-refractivity contribution in [2.24, 2.45) is 5.92 Å². The monoisotopic (exact) mass is 373 g/mol. The summed E-state index contributed by atoms with van der Waals surface area (Å²) in [5, 5.41) is 11.4. The average Bonchev–Trinajstić information content (AvgIpc) is 3.26. The Labute approximate surface area is 155 Å². The fraction of sp³-hybridized carbons (Fsp3) is 0.368. The van der Waals surface area contributed by atoms with Crippen molar-refractivity contribution in [1.29, 1.82) is 0 Å². The number of rotatable bonds is 3. The molecule has 1 fully saturated rings. The number of amides is 1. The van der Waals surface area contributed by atoms with E-state index in [1.165, 1.54) is 11.3 Å². The lowest BCUT2D eigenvalue weighted by Gasteiger charge is -2.19. The number of hydrogen-bond donors (Lipinski definition) is 1. The van der Waals surface area contributed by atoms with Crippen LogP contribution in [0, 0.1) is 12.8 Å². The van der Waals surface area contributed by atoms with Gasteiger partial charge < -0.3 is 19.5 Å². The second-order valence-corrected chi connectivity index (χ2v) is 7.45. The number of aryl methyl sites for hydroxylation is 1. The molecule has 0 saturated carbocycles. The molecule has 1 aromatic heterocycles. The third-order valence-corrected chi connectivity index (χ3v) is 5.94. The first-order valence-electron chi connectivity index (χ1n) is 8.51. The predicted octanol–water partition coefficient (Wildman–Crippen LogP) is 2.77. The van der Waals surface area contributed by atoms with Gasteiger partial charge in [-0.1, -0.05) is 24.3 Å². The molecule has 2 atom stereocenters. The van der Waals surface area contributed by atoms with Crippen LogP contribution >= 0.6 is 11.3 Å². The molecule has 2 unspecified atom stereocenters. The van der Waals surface area contributed by atoms with Crippen molar-refractivity contribution in [3.05, 3.63) is 45.6 Å². The smallest absolute Gasteiger partial charge is 0.308 e. The van der Waals surface area contributed by atoms with Crippen LogP contribution in [0.5, 0.6) is 11.5 Å². The van der Waals surface area contributed by atoms with Crippen LogP contribution in [0.2, 0.25) is 0 Å². The van der Waals surface area contributed by atoms with E-state index in [1.807, 2.05) is 31.2 Å². The number of carboxylic acids is 1. The molecule has 2 aliphatic rings. The van der Waals surface area contributed by atoms with E-state index >= 15 is 0 Å². The number of nitrogens with zero attached hydrogens (tertiary/aromatic N) is 1. The maximum Gasteiger partial charge on any atom is 0.308 e. The number of carbonyl (C=O) groups is 2. The molecule has 1 saturated heterocycles. The molecule has 0 aliphatic carbocycles. The average molecular weight is 373 g/mol. The molecule has 2 aliphatic heterocycles. The van der Waals surface area contributed by atoms with E-state index in [4.69, 9.17) is 9.47 Å². The van der Waals surface area contributed by atoms with Crippen LogP contribution < -0.4 is 9.47 Å². The molecule has 136 valence electrons. The van der Waals surface area contributed by atoms with Gasteiger partial charge in [-0.15, -0.1) is 11.3 Å². The summed E-state index contributed by atoms with van der Waals surface area (Å²) in [4.78, 5) is 26.9. The fourth-order valence-corrected chi connectivity index (χ4v) is 4.59. The van der Waals surface area contributed by atoms with Crippen LogP contribution in [0.25, 0.3) is 0 Å². The minimum absolute atomic E-state index is 0.191. The Hall–Kier alpha value is -2.54. The molecular formula is C19H19NO5S. The molecule has 1 N–H and O–H groups in total. The van der Waals surface area contributed by atoms with Crippen LogP contribution in [0.3, 0.4) is 0 Å². The highest BCUT2D eigenvalue weighted by Crippen LogP contribution is 2.42. The van der Waals surface area contributed by atoms with Gasteiger partial charge in [0.05, 0.1) is 5.92 Å². The van der Waals surface area contributed by atoms with Crippen molar-refractivity contribution in [2.75, 3.05) is 26.3 Å². The van der Waals surface area contributed by atoms with Gasteiger partial charge in [0, 0.05) is 24.4 Å². The van der Waals surface area contributed by atoms with E-state index in [0.29, 0.717) is 36.1 Å². The molecule has 4 rings (SSSR count). The summed E-state index contributed by atoms with van der Waals surface area (Å²) < 4.78 is 11.1. The van der Waals surface area contributed by atoms with Crippen molar-refractivity contribution in [3.8, 4) is 11.5 Å². The fourth-order valence-electron chi connectivity index (χ4n) is 3.69. The SMILES string of the molecule is Cc1ccccc1C1CN(C(=O)c2scc3c2OCCO3)CC1C(=O)O. The maximum atomic E-state index is 13.0. The first-order valence-corrected chi connectivity index (χ1v) is 9.39. The number of ether oxygens (including phenoxy) is 2. The molecule has 3 heterocycles. The van der Waals surface area contributed by atoms with Gasteiger partial charge >= 0.3 is 5.97 Å². The standard InChI is InChI=1S/C19H19NO5S/c1-11-4-2-3-5-12(11)13-8-20(9-14(13)19(22)23)18(21)17-16-15(10-26-17)24-6-7-25-16/h2-5,10,13-14H,6-9H2,1H3,(H,22,23). The van der Waals surface area contributed by atoms with Crippen molar-refractivity contribution in [3.63, 3.8) is 0 Å². The van der Waals surface area contributed by atoms with Crippen LogP contribution in [-0.4, -0.2) is 48.2 Å². The molecule has 26 heavy (non-hydrogen) atoms. The van der Waals surface area contributed by atoms with E-state index in [1.54, 1.807) is 10.3 Å². The van der Waals surface area contributed by atoms with E-state index in [-0.39, 0.29) is 18.4 Å². The quantitative estimate of drug-likeness (QED) is 0.895. The largest absolute Gasteiger partial charge is 0.485 e. The second kappa shape index (κ2) is 6.64. The highest BCUT2D eigenvalue weighted by Gasteiger charge is 2.42. The molecule has 0 bridgehead atoms. The van der Waals surface area contributed by atoms with E-state index in [0.717, 1.165) is 11.1 Å². The van der Waals surface area contributed by atoms with Gasteiger partial charge in [-0.25, -0.2) is 0 Å². The van der Waals surface area contributed by atoms with Crippen molar-refractivity contribution >= 4 is 23.2 Å². The molecule has 0 radical (unpaired) electrons. The number of aliphatic carboxylic acids is 1. The third kappa shape index (κ3) is 2.82. The highest BCUT2D eigenvalue weighted by molar-refractivity contribution is 7.12. The molecular weight excluding hydrogens is 354 g/mol. The number of carbonyl (C=O) groups excluding carboxylic acids is 1. The summed E-state index contributed by atoms with van der Waals surface area (Å²) in [6.07, 6.45) is 0. The highest BCUT2D eigenvalue weighted by atomic mass is 32.1. The molecule has 2 aromatic rings. The lowest BCUT2D eigenvalue weighted by Crippen LogP contribution is -2.30. The Morgan fingerprint density at radius 1 is 1.19 bits per heavy atom. The number of carboxylic acid groups (broad SMARTS) is 1. The maximum absolute atomic E-state index is 13.0. The van der Waals surface area contributed by atoms with Gasteiger partial charge in [0.1, 0.15) is 18.1 Å². The number of likely N-dealkylation sites (tertiary alicyclic amines) is 1. The van der Waals surface area contributed by atoms with Crippen LogP contribution in [0.15, 0.2) is 29.6 Å². The lowest BCUT2D eigenvalue weighted by atomic mass is 9.86. The first kappa shape index (κ1) is 16.9.